The number of hydrogen-bond acceptors (Lipinski definition) is 4. The van der Waals surface area contributed by atoms with Gasteiger partial charge in [-0.05, 0) is 48.9 Å². The minimum absolute atomic E-state index is 0.0429. The number of ether oxygens (including phenoxy) is 2. The van der Waals surface area contributed by atoms with E-state index in [1.54, 1.807) is 35.9 Å². The summed E-state index contributed by atoms with van der Waals surface area (Å²) in [7, 11) is 1.57. The standard InChI is InChI=1S/C18H17Cl2NO3S/c1-3-24-17-14(20)8-11(9-15(17)23-2)18-21(16(22)10-25-18)13-6-4-12(19)5-7-13/h4-9,18H,3,10H2,1-2H3/t18-/m1/s1. The van der Waals surface area contributed by atoms with E-state index in [0.717, 1.165) is 11.3 Å². The van der Waals surface area contributed by atoms with Crippen molar-refractivity contribution in [2.24, 2.45) is 0 Å². The van der Waals surface area contributed by atoms with Crippen LogP contribution in [0.3, 0.4) is 0 Å². The van der Waals surface area contributed by atoms with Gasteiger partial charge in [0.15, 0.2) is 11.5 Å². The van der Waals surface area contributed by atoms with Gasteiger partial charge in [0, 0.05) is 10.7 Å². The van der Waals surface area contributed by atoms with Crippen molar-refractivity contribution in [2.45, 2.75) is 12.3 Å². The molecule has 1 saturated heterocycles. The molecular weight excluding hydrogens is 381 g/mol. The monoisotopic (exact) mass is 397 g/mol. The number of methoxy groups -OCH3 is 1. The maximum Gasteiger partial charge on any atom is 0.238 e. The lowest BCUT2D eigenvalue weighted by molar-refractivity contribution is -0.115. The lowest BCUT2D eigenvalue weighted by atomic mass is 10.1. The molecule has 2 aromatic rings. The quantitative estimate of drug-likeness (QED) is 0.696. The second-order valence-corrected chi connectivity index (χ2v) is 7.28. The van der Waals surface area contributed by atoms with E-state index < -0.39 is 0 Å². The predicted octanol–water partition coefficient (Wildman–Crippen LogP) is 5.18. The average molecular weight is 398 g/mol. The molecule has 0 saturated carbocycles. The molecule has 0 spiro atoms. The van der Waals surface area contributed by atoms with Crippen LogP contribution in [0.15, 0.2) is 36.4 Å². The number of nitrogens with zero attached hydrogens (tertiary/aromatic N) is 1. The highest BCUT2D eigenvalue weighted by Crippen LogP contribution is 2.46. The highest BCUT2D eigenvalue weighted by atomic mass is 35.5. The number of rotatable bonds is 5. The molecule has 25 heavy (non-hydrogen) atoms. The second-order valence-electron chi connectivity index (χ2n) is 5.37. The van der Waals surface area contributed by atoms with Crippen molar-refractivity contribution in [1.29, 1.82) is 0 Å². The molecule has 1 aliphatic heterocycles. The molecule has 0 unspecified atom stereocenters. The molecule has 0 N–H and O–H groups in total. The van der Waals surface area contributed by atoms with Gasteiger partial charge < -0.3 is 9.47 Å². The van der Waals surface area contributed by atoms with Gasteiger partial charge in [0.05, 0.1) is 24.5 Å². The van der Waals surface area contributed by atoms with Gasteiger partial charge in [-0.15, -0.1) is 11.8 Å². The van der Waals surface area contributed by atoms with Crippen LogP contribution in [0.5, 0.6) is 11.5 Å². The lowest BCUT2D eigenvalue weighted by Crippen LogP contribution is -2.27. The molecular formula is C18H17Cl2NO3S. The number of thioether (sulfide) groups is 1. The van der Waals surface area contributed by atoms with Gasteiger partial charge in [-0.1, -0.05) is 23.2 Å². The zero-order valence-electron chi connectivity index (χ0n) is 13.8. The molecule has 0 radical (unpaired) electrons. The summed E-state index contributed by atoms with van der Waals surface area (Å²) in [5, 5.41) is 0.910. The summed E-state index contributed by atoms with van der Waals surface area (Å²) in [5.41, 5.74) is 1.68. The molecule has 0 aromatic heterocycles. The van der Waals surface area contributed by atoms with E-state index >= 15 is 0 Å². The van der Waals surface area contributed by atoms with E-state index in [1.807, 2.05) is 31.2 Å². The van der Waals surface area contributed by atoms with Crippen molar-refractivity contribution in [3.8, 4) is 11.5 Å². The van der Waals surface area contributed by atoms with Crippen molar-refractivity contribution in [2.75, 3.05) is 24.4 Å². The van der Waals surface area contributed by atoms with E-state index in [0.29, 0.717) is 33.9 Å². The van der Waals surface area contributed by atoms with Crippen LogP contribution in [0.25, 0.3) is 0 Å². The Morgan fingerprint density at radius 2 is 1.96 bits per heavy atom. The third kappa shape index (κ3) is 3.68. The fraction of sp³-hybridized carbons (Fsp3) is 0.278. The summed E-state index contributed by atoms with van der Waals surface area (Å²) in [6, 6.07) is 10.9. The van der Waals surface area contributed by atoms with Crippen molar-refractivity contribution in [1.82, 2.24) is 0 Å². The van der Waals surface area contributed by atoms with Crippen LogP contribution in [0, 0.1) is 0 Å². The Kier molecular flexibility index (Phi) is 5.67. The highest BCUT2D eigenvalue weighted by Gasteiger charge is 2.35. The van der Waals surface area contributed by atoms with Crippen LogP contribution in [-0.4, -0.2) is 25.4 Å². The van der Waals surface area contributed by atoms with Crippen LogP contribution in [0.1, 0.15) is 17.9 Å². The minimum atomic E-state index is -0.184. The predicted molar refractivity (Wildman–Crippen MR) is 103 cm³/mol. The Morgan fingerprint density at radius 1 is 1.24 bits per heavy atom. The molecule has 0 bridgehead atoms. The first-order chi connectivity index (χ1) is 12.0. The van der Waals surface area contributed by atoms with Crippen molar-refractivity contribution in [3.05, 3.63) is 52.0 Å². The second kappa shape index (κ2) is 7.77. The van der Waals surface area contributed by atoms with Crippen LogP contribution in [0.4, 0.5) is 5.69 Å². The van der Waals surface area contributed by atoms with Crippen LogP contribution in [0.2, 0.25) is 10.0 Å². The molecule has 7 heteroatoms. The normalized spacial score (nSPS) is 17.0. The lowest BCUT2D eigenvalue weighted by Gasteiger charge is -2.25. The third-order valence-corrected chi connectivity index (χ3v) is 5.54. The molecule has 2 aromatic carbocycles. The fourth-order valence-corrected chi connectivity index (χ4v) is 4.27. The third-order valence-electron chi connectivity index (χ3n) is 3.80. The summed E-state index contributed by atoms with van der Waals surface area (Å²) in [4.78, 5) is 14.2. The van der Waals surface area contributed by atoms with Gasteiger partial charge in [-0.3, -0.25) is 9.69 Å². The first-order valence-electron chi connectivity index (χ1n) is 7.74. The SMILES string of the molecule is CCOc1c(Cl)cc([C@H]2SCC(=O)N2c2ccc(Cl)cc2)cc1OC. The van der Waals surface area contributed by atoms with Crippen molar-refractivity contribution in [3.63, 3.8) is 0 Å². The van der Waals surface area contributed by atoms with Gasteiger partial charge in [-0.2, -0.15) is 0 Å². The van der Waals surface area contributed by atoms with E-state index in [2.05, 4.69) is 0 Å². The van der Waals surface area contributed by atoms with Crippen LogP contribution in [-0.2, 0) is 4.79 Å². The summed E-state index contributed by atoms with van der Waals surface area (Å²) >= 11 is 13.9. The van der Waals surface area contributed by atoms with Crippen LogP contribution >= 0.6 is 35.0 Å². The molecule has 0 aliphatic carbocycles. The van der Waals surface area contributed by atoms with Crippen LogP contribution < -0.4 is 14.4 Å². The average Bonchev–Trinajstić information content (AvgIpc) is 2.99. The topological polar surface area (TPSA) is 38.8 Å². The summed E-state index contributed by atoms with van der Waals surface area (Å²) in [5.74, 6) is 1.52. The molecule has 1 amide bonds. The summed E-state index contributed by atoms with van der Waals surface area (Å²) in [6.07, 6.45) is 0. The van der Waals surface area contributed by atoms with E-state index in [4.69, 9.17) is 32.7 Å². The number of benzene rings is 2. The number of hydrogen-bond donors (Lipinski definition) is 0. The van der Waals surface area contributed by atoms with Gasteiger partial charge >= 0.3 is 0 Å². The summed E-state index contributed by atoms with van der Waals surface area (Å²) < 4.78 is 11.0. The number of carbonyl (C=O) groups is 1. The molecule has 3 rings (SSSR count). The molecule has 1 heterocycles. The number of halogens is 2. The highest BCUT2D eigenvalue weighted by molar-refractivity contribution is 8.00. The maximum absolute atomic E-state index is 12.4. The molecule has 1 fully saturated rings. The molecule has 1 aliphatic rings. The number of carbonyl (C=O) groups excluding carboxylic acids is 1. The minimum Gasteiger partial charge on any atom is -0.493 e. The zero-order valence-corrected chi connectivity index (χ0v) is 16.1. The molecule has 132 valence electrons. The van der Waals surface area contributed by atoms with Crippen molar-refractivity contribution < 1.29 is 14.3 Å². The Labute approximate surface area is 161 Å². The Hall–Kier alpha value is -1.56. The van der Waals surface area contributed by atoms with E-state index in [9.17, 15) is 4.79 Å². The number of anilines is 1. The Balaban J connectivity index is 2.01. The zero-order chi connectivity index (χ0) is 18.0. The smallest absolute Gasteiger partial charge is 0.238 e. The van der Waals surface area contributed by atoms with Gasteiger partial charge in [0.1, 0.15) is 5.37 Å². The van der Waals surface area contributed by atoms with Gasteiger partial charge in [0.2, 0.25) is 5.91 Å². The molecule has 1 atom stereocenters. The first-order valence-corrected chi connectivity index (χ1v) is 9.55. The van der Waals surface area contributed by atoms with Gasteiger partial charge in [0.25, 0.3) is 0 Å². The summed E-state index contributed by atoms with van der Waals surface area (Å²) in [6.45, 7) is 2.38. The largest absolute Gasteiger partial charge is 0.493 e. The van der Waals surface area contributed by atoms with E-state index in [1.165, 1.54) is 0 Å². The molecule has 4 nitrogen and oxygen atoms in total. The first kappa shape index (κ1) is 18.2. The van der Waals surface area contributed by atoms with Gasteiger partial charge in [-0.25, -0.2) is 0 Å². The Bertz CT molecular complexity index is 783. The Morgan fingerprint density at radius 3 is 2.60 bits per heavy atom. The van der Waals surface area contributed by atoms with Crippen molar-refractivity contribution >= 4 is 46.6 Å². The number of amides is 1. The van der Waals surface area contributed by atoms with E-state index in [-0.39, 0.29) is 11.3 Å². The maximum atomic E-state index is 12.4. The fourth-order valence-electron chi connectivity index (χ4n) is 2.72.